The number of hydrogen-bond acceptors (Lipinski definition) is 3. The van der Waals surface area contributed by atoms with Gasteiger partial charge in [0, 0.05) is 6.04 Å². The maximum absolute atomic E-state index is 11.1. The summed E-state index contributed by atoms with van der Waals surface area (Å²) in [6.45, 7) is 7.83. The van der Waals surface area contributed by atoms with Gasteiger partial charge in [0.2, 0.25) is 0 Å². The van der Waals surface area contributed by atoms with Gasteiger partial charge in [-0.15, -0.1) is 0 Å². The van der Waals surface area contributed by atoms with Crippen LogP contribution in [0.15, 0.2) is 0 Å². The molecule has 0 aliphatic heterocycles. The maximum Gasteiger partial charge on any atom is 0.309 e. The van der Waals surface area contributed by atoms with Gasteiger partial charge in [-0.3, -0.25) is 4.79 Å². The van der Waals surface area contributed by atoms with Crippen LogP contribution in [0.4, 0.5) is 0 Å². The fourth-order valence-corrected chi connectivity index (χ4v) is 1.08. The second kappa shape index (κ2) is 3.90. The number of ether oxygens (including phenoxy) is 1. The Morgan fingerprint density at radius 2 is 1.83 bits per heavy atom. The third kappa shape index (κ3) is 2.81. The third-order valence-electron chi connectivity index (χ3n) is 2.11. The number of hydrogen-bond donors (Lipinski definition) is 1. The van der Waals surface area contributed by atoms with E-state index in [2.05, 4.69) is 4.74 Å². The average molecular weight is 173 g/mol. The van der Waals surface area contributed by atoms with Gasteiger partial charge in [0.15, 0.2) is 0 Å². The standard InChI is InChI=1S/C9H19NO2/c1-6(8(11)12-5)7(10)9(2,3)4/h6-7H,10H2,1-5H3/t6-,7-/m0/s1. The Hall–Kier alpha value is -0.570. The van der Waals surface area contributed by atoms with E-state index in [1.807, 2.05) is 20.8 Å². The number of nitrogens with two attached hydrogens (primary N) is 1. The summed E-state index contributed by atoms with van der Waals surface area (Å²) in [4.78, 5) is 11.1. The van der Waals surface area contributed by atoms with Crippen molar-refractivity contribution in [1.82, 2.24) is 0 Å². The number of carbonyl (C=O) groups excluding carboxylic acids is 1. The second-order valence-electron chi connectivity index (χ2n) is 4.20. The van der Waals surface area contributed by atoms with Crippen LogP contribution >= 0.6 is 0 Å². The van der Waals surface area contributed by atoms with Crippen LogP contribution in [0.3, 0.4) is 0 Å². The molecule has 0 spiro atoms. The summed E-state index contributed by atoms with van der Waals surface area (Å²) in [7, 11) is 1.38. The molecule has 72 valence electrons. The van der Waals surface area contributed by atoms with Gasteiger partial charge in [-0.25, -0.2) is 0 Å². The highest BCUT2D eigenvalue weighted by Gasteiger charge is 2.30. The van der Waals surface area contributed by atoms with Gasteiger partial charge in [-0.1, -0.05) is 27.7 Å². The number of esters is 1. The highest BCUT2D eigenvalue weighted by Crippen LogP contribution is 2.23. The molecule has 12 heavy (non-hydrogen) atoms. The monoisotopic (exact) mass is 173 g/mol. The molecule has 0 saturated carbocycles. The smallest absolute Gasteiger partial charge is 0.309 e. The lowest BCUT2D eigenvalue weighted by molar-refractivity contribution is -0.146. The van der Waals surface area contributed by atoms with E-state index in [9.17, 15) is 4.79 Å². The SMILES string of the molecule is COC(=O)[C@@H](C)[C@H](N)C(C)(C)C. The number of carbonyl (C=O) groups is 1. The van der Waals surface area contributed by atoms with E-state index >= 15 is 0 Å². The van der Waals surface area contributed by atoms with E-state index in [1.165, 1.54) is 7.11 Å². The molecule has 0 unspecified atom stereocenters. The van der Waals surface area contributed by atoms with Crippen molar-refractivity contribution in [2.75, 3.05) is 7.11 Å². The Morgan fingerprint density at radius 1 is 1.42 bits per heavy atom. The molecule has 0 aliphatic rings. The van der Waals surface area contributed by atoms with Crippen LogP contribution in [0.25, 0.3) is 0 Å². The predicted molar refractivity (Wildman–Crippen MR) is 48.6 cm³/mol. The summed E-state index contributed by atoms with van der Waals surface area (Å²) in [6.07, 6.45) is 0. The molecule has 0 amide bonds. The molecular weight excluding hydrogens is 154 g/mol. The first-order valence-electron chi connectivity index (χ1n) is 4.14. The van der Waals surface area contributed by atoms with Gasteiger partial charge in [-0.2, -0.15) is 0 Å². The summed E-state index contributed by atoms with van der Waals surface area (Å²) in [6, 6.07) is -0.162. The van der Waals surface area contributed by atoms with Gasteiger partial charge in [0.1, 0.15) is 0 Å². The summed E-state index contributed by atoms with van der Waals surface area (Å²) >= 11 is 0. The number of rotatable bonds is 2. The molecule has 3 heteroatoms. The van der Waals surface area contributed by atoms with E-state index in [0.29, 0.717) is 0 Å². The molecular formula is C9H19NO2. The van der Waals surface area contributed by atoms with E-state index in [1.54, 1.807) is 6.92 Å². The Kier molecular flexibility index (Phi) is 3.71. The largest absolute Gasteiger partial charge is 0.469 e. The van der Waals surface area contributed by atoms with Crippen molar-refractivity contribution in [3.63, 3.8) is 0 Å². The Labute approximate surface area is 74.3 Å². The Balaban J connectivity index is 4.29. The first kappa shape index (κ1) is 11.4. The molecule has 0 aromatic carbocycles. The van der Waals surface area contributed by atoms with Crippen molar-refractivity contribution in [3.8, 4) is 0 Å². The lowest BCUT2D eigenvalue weighted by atomic mass is 9.80. The zero-order valence-electron chi connectivity index (χ0n) is 8.55. The molecule has 0 saturated heterocycles. The topological polar surface area (TPSA) is 52.3 Å². The highest BCUT2D eigenvalue weighted by molar-refractivity contribution is 5.72. The molecule has 0 aromatic heterocycles. The Bertz CT molecular complexity index is 160. The molecule has 0 rings (SSSR count). The van der Waals surface area contributed by atoms with Crippen LogP contribution in [0.2, 0.25) is 0 Å². The van der Waals surface area contributed by atoms with Crippen LogP contribution in [-0.2, 0) is 9.53 Å². The number of methoxy groups -OCH3 is 1. The molecule has 2 N–H and O–H groups in total. The van der Waals surface area contributed by atoms with Crippen LogP contribution < -0.4 is 5.73 Å². The zero-order valence-corrected chi connectivity index (χ0v) is 8.55. The van der Waals surface area contributed by atoms with Crippen LogP contribution in [0.1, 0.15) is 27.7 Å². The molecule has 0 aliphatic carbocycles. The molecule has 3 nitrogen and oxygen atoms in total. The first-order valence-corrected chi connectivity index (χ1v) is 4.14. The zero-order chi connectivity index (χ0) is 9.94. The lowest BCUT2D eigenvalue weighted by Crippen LogP contribution is -2.44. The van der Waals surface area contributed by atoms with Gasteiger partial charge in [-0.05, 0) is 5.41 Å². The normalized spacial score (nSPS) is 16.8. The minimum atomic E-state index is -0.241. The van der Waals surface area contributed by atoms with Crippen LogP contribution in [0.5, 0.6) is 0 Å². The van der Waals surface area contributed by atoms with Crippen molar-refractivity contribution >= 4 is 5.97 Å². The summed E-state index contributed by atoms with van der Waals surface area (Å²) < 4.78 is 4.61. The molecule has 0 heterocycles. The van der Waals surface area contributed by atoms with Gasteiger partial charge < -0.3 is 10.5 Å². The molecule has 0 fully saturated rings. The summed E-state index contributed by atoms with van der Waals surface area (Å²) in [5, 5.41) is 0. The summed E-state index contributed by atoms with van der Waals surface area (Å²) in [5.74, 6) is -0.479. The van der Waals surface area contributed by atoms with E-state index in [4.69, 9.17) is 5.73 Å². The quantitative estimate of drug-likeness (QED) is 0.638. The van der Waals surface area contributed by atoms with E-state index < -0.39 is 0 Å². The first-order chi connectivity index (χ1) is 5.30. The van der Waals surface area contributed by atoms with Gasteiger partial charge in [0.25, 0.3) is 0 Å². The van der Waals surface area contributed by atoms with Crippen molar-refractivity contribution in [2.45, 2.75) is 33.7 Å². The minimum absolute atomic E-state index is 0.0619. The third-order valence-corrected chi connectivity index (χ3v) is 2.11. The molecule has 0 aromatic rings. The average Bonchev–Trinajstić information content (AvgIpc) is 1.98. The van der Waals surface area contributed by atoms with Gasteiger partial charge in [0.05, 0.1) is 13.0 Å². The highest BCUT2D eigenvalue weighted by atomic mass is 16.5. The van der Waals surface area contributed by atoms with Crippen molar-refractivity contribution < 1.29 is 9.53 Å². The van der Waals surface area contributed by atoms with Crippen molar-refractivity contribution in [1.29, 1.82) is 0 Å². The Morgan fingerprint density at radius 3 is 2.08 bits per heavy atom. The second-order valence-corrected chi connectivity index (χ2v) is 4.20. The lowest BCUT2D eigenvalue weighted by Gasteiger charge is -2.30. The molecule has 2 atom stereocenters. The predicted octanol–water partition coefficient (Wildman–Crippen LogP) is 1.17. The van der Waals surface area contributed by atoms with Crippen molar-refractivity contribution in [2.24, 2.45) is 17.1 Å². The van der Waals surface area contributed by atoms with Crippen LogP contribution in [-0.4, -0.2) is 19.1 Å². The fourth-order valence-electron chi connectivity index (χ4n) is 1.08. The van der Waals surface area contributed by atoms with Gasteiger partial charge >= 0.3 is 5.97 Å². The molecule has 0 radical (unpaired) electrons. The summed E-state index contributed by atoms with van der Waals surface area (Å²) in [5.41, 5.74) is 5.81. The molecule has 0 bridgehead atoms. The minimum Gasteiger partial charge on any atom is -0.469 e. The van der Waals surface area contributed by atoms with E-state index in [0.717, 1.165) is 0 Å². The fraction of sp³-hybridized carbons (Fsp3) is 0.889. The van der Waals surface area contributed by atoms with E-state index in [-0.39, 0.29) is 23.3 Å². The van der Waals surface area contributed by atoms with Crippen molar-refractivity contribution in [3.05, 3.63) is 0 Å². The maximum atomic E-state index is 11.1. The van der Waals surface area contributed by atoms with Crippen LogP contribution in [0, 0.1) is 11.3 Å².